The van der Waals surface area contributed by atoms with Crippen LogP contribution in [0.5, 0.6) is 0 Å². The molecule has 1 saturated heterocycles. The molecule has 1 fully saturated rings. The van der Waals surface area contributed by atoms with Gasteiger partial charge in [0.15, 0.2) is 0 Å². The Kier molecular flexibility index (Phi) is 5.90. The number of aromatic nitrogens is 8. The van der Waals surface area contributed by atoms with Crippen molar-refractivity contribution in [2.45, 2.75) is 31.8 Å². The fourth-order valence-corrected chi connectivity index (χ4v) is 5.49. The monoisotopic (exact) mass is 480 g/mol. The summed E-state index contributed by atoms with van der Waals surface area (Å²) in [6.45, 7) is 3.64. The highest BCUT2D eigenvalue weighted by Gasteiger charge is 2.38. The summed E-state index contributed by atoms with van der Waals surface area (Å²) in [5, 5.41) is 23.3. The Hall–Kier alpha value is -4.11. The topological polar surface area (TPSA) is 79.2 Å². The molecule has 0 N–H and O–H groups in total. The highest BCUT2D eigenvalue weighted by atomic mass is 15.5. The molecule has 0 bridgehead atoms. The summed E-state index contributed by atoms with van der Waals surface area (Å²) in [6, 6.07) is 22.3. The molecule has 3 aromatic heterocycles. The van der Waals surface area contributed by atoms with E-state index in [0.29, 0.717) is 5.92 Å². The van der Waals surface area contributed by atoms with Crippen LogP contribution in [0.2, 0.25) is 0 Å². The zero-order valence-corrected chi connectivity index (χ0v) is 20.4. The second-order valence-corrected chi connectivity index (χ2v) is 9.70. The van der Waals surface area contributed by atoms with Crippen molar-refractivity contribution in [3.8, 4) is 11.4 Å². The number of rotatable bonds is 7. The lowest BCUT2D eigenvalue weighted by Crippen LogP contribution is -2.52. The first-order valence-electron chi connectivity index (χ1n) is 12.4. The lowest BCUT2D eigenvalue weighted by Gasteiger charge is -2.43. The minimum atomic E-state index is 0.430. The summed E-state index contributed by atoms with van der Waals surface area (Å²) < 4.78 is 2.87. The molecule has 6 rings (SSSR count). The molecule has 36 heavy (non-hydrogen) atoms. The summed E-state index contributed by atoms with van der Waals surface area (Å²) in [5.41, 5.74) is 5.19. The smallest absolute Gasteiger partial charge is 0.137 e. The summed E-state index contributed by atoms with van der Waals surface area (Å²) in [4.78, 5) is 3.44. The molecule has 0 saturated carbocycles. The predicted octanol–water partition coefficient (Wildman–Crippen LogP) is 3.68. The molecule has 0 spiro atoms. The van der Waals surface area contributed by atoms with Gasteiger partial charge in [0, 0.05) is 18.9 Å². The standard InChI is InChI=1S/C27H30N9/c1-33-27(14-15-28-33)22-9-8-16-36(19-22,20-23-17-29-34(31-23)25-10-4-2-5-11-25)21-24-18-30-35(32-24)26-12-6-3-7-13-26/h2-7,10-15,17-18,22H,8-9,16,19-21H2,1H3/q+1/t22-/m1/s1. The molecule has 182 valence electrons. The fourth-order valence-electron chi connectivity index (χ4n) is 5.49. The molecule has 5 aromatic rings. The van der Waals surface area contributed by atoms with Crippen LogP contribution in [0.3, 0.4) is 0 Å². The first-order chi connectivity index (χ1) is 17.7. The number of quaternary nitrogens is 1. The van der Waals surface area contributed by atoms with Gasteiger partial charge in [0.25, 0.3) is 0 Å². The van der Waals surface area contributed by atoms with Gasteiger partial charge in [0.1, 0.15) is 24.5 Å². The normalized spacial score (nSPS) is 17.3. The van der Waals surface area contributed by atoms with Crippen molar-refractivity contribution in [2.75, 3.05) is 13.1 Å². The van der Waals surface area contributed by atoms with Gasteiger partial charge in [-0.15, -0.1) is 10.2 Å². The minimum absolute atomic E-state index is 0.430. The molecular formula is C27H30N9+. The quantitative estimate of drug-likeness (QED) is 0.332. The van der Waals surface area contributed by atoms with Gasteiger partial charge in [-0.2, -0.15) is 24.9 Å². The number of aryl methyl sites for hydroxylation is 1. The molecule has 0 aliphatic carbocycles. The van der Waals surface area contributed by atoms with Crippen LogP contribution < -0.4 is 0 Å². The van der Waals surface area contributed by atoms with Crippen molar-refractivity contribution in [3.05, 3.63) is 102 Å². The van der Waals surface area contributed by atoms with Crippen molar-refractivity contribution in [2.24, 2.45) is 7.05 Å². The third-order valence-electron chi connectivity index (χ3n) is 7.12. The van der Waals surface area contributed by atoms with Crippen LogP contribution in [0, 0.1) is 0 Å². The molecule has 1 atom stereocenters. The first-order valence-corrected chi connectivity index (χ1v) is 12.4. The van der Waals surface area contributed by atoms with Gasteiger partial charge in [-0.1, -0.05) is 36.4 Å². The molecule has 4 heterocycles. The molecule has 0 radical (unpaired) electrons. The van der Waals surface area contributed by atoms with Crippen molar-refractivity contribution in [1.29, 1.82) is 0 Å². The number of hydrogen-bond acceptors (Lipinski definition) is 5. The average molecular weight is 481 g/mol. The van der Waals surface area contributed by atoms with E-state index >= 15 is 0 Å². The molecule has 0 amide bonds. The van der Waals surface area contributed by atoms with E-state index in [0.717, 1.165) is 66.3 Å². The van der Waals surface area contributed by atoms with E-state index in [1.807, 2.05) is 91.0 Å². The van der Waals surface area contributed by atoms with Gasteiger partial charge in [-0.25, -0.2) is 0 Å². The van der Waals surface area contributed by atoms with Crippen LogP contribution in [-0.4, -0.2) is 57.3 Å². The van der Waals surface area contributed by atoms with Crippen LogP contribution in [0.4, 0.5) is 0 Å². The lowest BCUT2D eigenvalue weighted by atomic mass is 9.92. The largest absolute Gasteiger partial charge is 0.313 e. The van der Waals surface area contributed by atoms with Crippen molar-refractivity contribution < 1.29 is 4.48 Å². The molecule has 2 aromatic carbocycles. The summed E-state index contributed by atoms with van der Waals surface area (Å²) in [7, 11) is 2.04. The lowest BCUT2D eigenvalue weighted by molar-refractivity contribution is -0.959. The average Bonchev–Trinajstić information content (AvgIpc) is 3.67. The summed E-state index contributed by atoms with van der Waals surface area (Å²) in [5.74, 6) is 0.430. The van der Waals surface area contributed by atoms with Gasteiger partial charge in [-0.3, -0.25) is 4.68 Å². The number of nitrogens with zero attached hydrogens (tertiary/aromatic N) is 9. The second kappa shape index (κ2) is 9.50. The Balaban J connectivity index is 1.31. The van der Waals surface area contributed by atoms with Crippen molar-refractivity contribution >= 4 is 0 Å². The van der Waals surface area contributed by atoms with E-state index in [4.69, 9.17) is 10.2 Å². The maximum atomic E-state index is 4.85. The predicted molar refractivity (Wildman–Crippen MR) is 135 cm³/mol. The van der Waals surface area contributed by atoms with E-state index < -0.39 is 0 Å². The van der Waals surface area contributed by atoms with Gasteiger partial charge in [0.2, 0.25) is 0 Å². The molecule has 1 aliphatic rings. The number of likely N-dealkylation sites (tertiary alicyclic amines) is 1. The van der Waals surface area contributed by atoms with Gasteiger partial charge >= 0.3 is 0 Å². The molecule has 9 heteroatoms. The Bertz CT molecular complexity index is 1340. The third kappa shape index (κ3) is 4.57. The number of benzene rings is 2. The molecule has 0 unspecified atom stereocenters. The van der Waals surface area contributed by atoms with Crippen LogP contribution in [-0.2, 0) is 20.1 Å². The SMILES string of the molecule is Cn1nccc1[C@@H]1CCC[N+](Cc2cnn(-c3ccccc3)n2)(Cc2cnn(-c3ccccc3)n2)C1. The van der Waals surface area contributed by atoms with E-state index in [2.05, 4.69) is 21.4 Å². The zero-order valence-electron chi connectivity index (χ0n) is 20.4. The Morgan fingerprint density at radius 1 is 0.778 bits per heavy atom. The van der Waals surface area contributed by atoms with Crippen LogP contribution in [0.15, 0.2) is 85.3 Å². The Labute approximate surface area is 210 Å². The van der Waals surface area contributed by atoms with Crippen LogP contribution in [0.1, 0.15) is 35.8 Å². The highest BCUT2D eigenvalue weighted by molar-refractivity contribution is 5.29. The number of para-hydroxylation sites is 2. The third-order valence-corrected chi connectivity index (χ3v) is 7.12. The summed E-state index contributed by atoms with van der Waals surface area (Å²) >= 11 is 0. The van der Waals surface area contributed by atoms with Crippen LogP contribution >= 0.6 is 0 Å². The second-order valence-electron chi connectivity index (χ2n) is 9.70. The van der Waals surface area contributed by atoms with E-state index in [1.54, 1.807) is 9.59 Å². The van der Waals surface area contributed by atoms with Crippen molar-refractivity contribution in [1.82, 2.24) is 39.8 Å². The van der Waals surface area contributed by atoms with Gasteiger partial charge < -0.3 is 4.48 Å². The van der Waals surface area contributed by atoms with Crippen molar-refractivity contribution in [3.63, 3.8) is 0 Å². The number of hydrogen-bond donors (Lipinski definition) is 0. The minimum Gasteiger partial charge on any atom is -0.313 e. The zero-order chi connectivity index (χ0) is 24.4. The van der Waals surface area contributed by atoms with Gasteiger partial charge in [0.05, 0.1) is 42.8 Å². The summed E-state index contributed by atoms with van der Waals surface area (Å²) in [6.07, 6.45) is 8.00. The van der Waals surface area contributed by atoms with Crippen LogP contribution in [0.25, 0.3) is 11.4 Å². The number of piperidine rings is 1. The maximum Gasteiger partial charge on any atom is 0.137 e. The molecular weight excluding hydrogens is 450 g/mol. The highest BCUT2D eigenvalue weighted by Crippen LogP contribution is 2.34. The Morgan fingerprint density at radius 3 is 1.89 bits per heavy atom. The fraction of sp³-hybridized carbons (Fsp3) is 0.296. The van der Waals surface area contributed by atoms with Gasteiger partial charge in [-0.05, 0) is 43.2 Å². The molecule has 1 aliphatic heterocycles. The molecule has 9 nitrogen and oxygen atoms in total. The Morgan fingerprint density at radius 2 is 1.36 bits per heavy atom. The first kappa shape index (κ1) is 22.4. The van der Waals surface area contributed by atoms with E-state index in [1.165, 1.54) is 5.69 Å². The van der Waals surface area contributed by atoms with E-state index in [-0.39, 0.29) is 0 Å². The maximum absolute atomic E-state index is 4.85. The van der Waals surface area contributed by atoms with E-state index in [9.17, 15) is 0 Å².